The zero-order chi connectivity index (χ0) is 18.8. The molecule has 0 spiro atoms. The Balaban J connectivity index is 1.57. The molecule has 2 aromatic heterocycles. The molecule has 0 radical (unpaired) electrons. The van der Waals surface area contributed by atoms with Crippen molar-refractivity contribution in [2.75, 3.05) is 51.4 Å². The number of nitrogens with one attached hydrogen (secondary N) is 2. The van der Waals surface area contributed by atoms with Crippen LogP contribution in [-0.4, -0.2) is 70.4 Å². The highest BCUT2D eigenvalue weighted by Gasteiger charge is 2.23. The number of H-pyrrole nitrogens is 1. The van der Waals surface area contributed by atoms with E-state index in [0.717, 1.165) is 50.9 Å². The number of pyridine rings is 1. The maximum Gasteiger partial charge on any atom is 0.258 e. The molecule has 144 valence electrons. The molecule has 2 aliphatic rings. The second kappa shape index (κ2) is 7.89. The lowest BCUT2D eigenvalue weighted by molar-refractivity contribution is 0.0331. The van der Waals surface area contributed by atoms with Gasteiger partial charge in [-0.2, -0.15) is 0 Å². The normalized spacial score (nSPS) is 18.1. The van der Waals surface area contributed by atoms with Gasteiger partial charge in [0.1, 0.15) is 11.6 Å². The van der Waals surface area contributed by atoms with Crippen molar-refractivity contribution < 1.29 is 4.74 Å². The molecule has 0 aromatic carbocycles. The number of aromatic amines is 1. The van der Waals surface area contributed by atoms with Gasteiger partial charge in [-0.15, -0.1) is 0 Å². The predicted octanol–water partition coefficient (Wildman–Crippen LogP) is 1.12. The van der Waals surface area contributed by atoms with Gasteiger partial charge in [0, 0.05) is 38.4 Å². The van der Waals surface area contributed by atoms with Gasteiger partial charge in [0.25, 0.3) is 5.56 Å². The molecule has 2 aromatic rings. The predicted molar refractivity (Wildman–Crippen MR) is 106 cm³/mol. The van der Waals surface area contributed by atoms with Gasteiger partial charge in [-0.25, -0.2) is 4.98 Å². The minimum absolute atomic E-state index is 0.137. The smallest absolute Gasteiger partial charge is 0.258 e. The summed E-state index contributed by atoms with van der Waals surface area (Å²) in [5, 5.41) is 3.39. The van der Waals surface area contributed by atoms with Gasteiger partial charge in [0.15, 0.2) is 4.77 Å². The minimum Gasteiger partial charge on any atom is -0.379 e. The highest BCUT2D eigenvalue weighted by atomic mass is 32.1. The van der Waals surface area contributed by atoms with Crippen molar-refractivity contribution in [1.29, 1.82) is 0 Å². The number of rotatable bonds is 4. The van der Waals surface area contributed by atoms with Crippen molar-refractivity contribution in [3.63, 3.8) is 0 Å². The van der Waals surface area contributed by atoms with Crippen LogP contribution in [0, 0.1) is 11.7 Å². The molecule has 1 fully saturated rings. The molecular weight excluding hydrogens is 364 g/mol. The molecule has 0 unspecified atom stereocenters. The fourth-order valence-corrected chi connectivity index (χ4v) is 3.79. The molecular formula is C18H24N6O2S. The number of ether oxygens (including phenoxy) is 1. The Morgan fingerprint density at radius 2 is 2.00 bits per heavy atom. The van der Waals surface area contributed by atoms with Gasteiger partial charge in [-0.1, -0.05) is 6.07 Å². The Morgan fingerprint density at radius 3 is 2.78 bits per heavy atom. The Morgan fingerprint density at radius 1 is 1.22 bits per heavy atom. The summed E-state index contributed by atoms with van der Waals surface area (Å²) in [6.07, 6.45) is 0. The molecule has 0 aliphatic carbocycles. The van der Waals surface area contributed by atoms with E-state index in [0.29, 0.717) is 29.4 Å². The lowest BCUT2D eigenvalue weighted by Crippen LogP contribution is -2.45. The molecule has 27 heavy (non-hydrogen) atoms. The number of hydrogen-bond acceptors (Lipinski definition) is 7. The maximum absolute atomic E-state index is 12.5. The zero-order valence-electron chi connectivity index (χ0n) is 15.4. The van der Waals surface area contributed by atoms with Crippen LogP contribution in [0.5, 0.6) is 0 Å². The number of aromatic nitrogens is 3. The summed E-state index contributed by atoms with van der Waals surface area (Å²) in [6.45, 7) is 8.59. The van der Waals surface area contributed by atoms with Crippen LogP contribution in [0.3, 0.4) is 0 Å². The van der Waals surface area contributed by atoms with E-state index in [9.17, 15) is 4.79 Å². The van der Waals surface area contributed by atoms with Crippen LogP contribution in [-0.2, 0) is 11.3 Å². The Kier molecular flexibility index (Phi) is 5.35. The number of anilines is 1. The quantitative estimate of drug-likeness (QED) is 0.760. The first-order valence-electron chi connectivity index (χ1n) is 9.20. The first-order chi connectivity index (χ1) is 13.1. The molecule has 4 rings (SSSR count). The summed E-state index contributed by atoms with van der Waals surface area (Å²) in [6, 6.07) is 5.77. The van der Waals surface area contributed by atoms with Crippen LogP contribution in [0.15, 0.2) is 23.0 Å². The zero-order valence-corrected chi connectivity index (χ0v) is 16.2. The van der Waals surface area contributed by atoms with E-state index < -0.39 is 0 Å². The summed E-state index contributed by atoms with van der Waals surface area (Å²) in [7, 11) is 0. The van der Waals surface area contributed by atoms with E-state index in [1.54, 1.807) is 0 Å². The topological polar surface area (TPSA) is 78.4 Å². The minimum atomic E-state index is -0.137. The van der Waals surface area contributed by atoms with E-state index in [-0.39, 0.29) is 5.56 Å². The van der Waals surface area contributed by atoms with E-state index in [1.165, 1.54) is 0 Å². The molecule has 1 saturated heterocycles. The summed E-state index contributed by atoms with van der Waals surface area (Å²) in [5.74, 6) is 1.45. The van der Waals surface area contributed by atoms with Crippen molar-refractivity contribution in [1.82, 2.24) is 24.3 Å². The van der Waals surface area contributed by atoms with E-state index in [2.05, 4.69) is 25.1 Å². The Labute approximate surface area is 162 Å². The average Bonchev–Trinajstić information content (AvgIpc) is 2.67. The molecule has 8 nitrogen and oxygen atoms in total. The van der Waals surface area contributed by atoms with Crippen molar-refractivity contribution in [2.24, 2.45) is 0 Å². The summed E-state index contributed by atoms with van der Waals surface area (Å²) in [5.41, 5.74) is 1.46. The van der Waals surface area contributed by atoms with Gasteiger partial charge >= 0.3 is 0 Å². The second-order valence-electron chi connectivity index (χ2n) is 6.90. The van der Waals surface area contributed by atoms with E-state index in [4.69, 9.17) is 17.0 Å². The Bertz CT molecular complexity index is 934. The van der Waals surface area contributed by atoms with Crippen molar-refractivity contribution >= 4 is 18.0 Å². The van der Waals surface area contributed by atoms with Crippen LogP contribution < -0.4 is 10.9 Å². The maximum atomic E-state index is 12.5. The van der Waals surface area contributed by atoms with Crippen LogP contribution in [0.4, 0.5) is 5.82 Å². The molecule has 0 atom stereocenters. The standard InChI is InChI=1S/C18H24N6O2S/c1-13-3-2-4-15(20-13)24-16-14(17(25)21-18(24)27)11-23(12-19-16)6-5-22-7-9-26-10-8-22/h2-4,19H,5-12H2,1H3,(H,21,25,27). The van der Waals surface area contributed by atoms with E-state index in [1.807, 2.05) is 29.7 Å². The first-order valence-corrected chi connectivity index (χ1v) is 9.61. The SMILES string of the molecule is Cc1cccc(-n2c3c(c(=O)[nH]c2=S)CN(CCN2CCOCC2)CN3)n1. The van der Waals surface area contributed by atoms with Crippen molar-refractivity contribution in [3.05, 3.63) is 44.6 Å². The molecule has 9 heteroatoms. The van der Waals surface area contributed by atoms with Crippen LogP contribution in [0.2, 0.25) is 0 Å². The highest BCUT2D eigenvalue weighted by Crippen LogP contribution is 2.22. The third-order valence-electron chi connectivity index (χ3n) is 5.00. The fraction of sp³-hybridized carbons (Fsp3) is 0.500. The van der Waals surface area contributed by atoms with E-state index >= 15 is 0 Å². The fourth-order valence-electron chi connectivity index (χ4n) is 3.51. The van der Waals surface area contributed by atoms with Crippen LogP contribution in [0.1, 0.15) is 11.3 Å². The monoisotopic (exact) mass is 388 g/mol. The van der Waals surface area contributed by atoms with Crippen LogP contribution >= 0.6 is 12.2 Å². The highest BCUT2D eigenvalue weighted by molar-refractivity contribution is 7.71. The van der Waals surface area contributed by atoms with Crippen molar-refractivity contribution in [2.45, 2.75) is 13.5 Å². The number of hydrogen-bond donors (Lipinski definition) is 2. The molecule has 2 N–H and O–H groups in total. The summed E-state index contributed by atoms with van der Waals surface area (Å²) in [4.78, 5) is 24.5. The lowest BCUT2D eigenvalue weighted by Gasteiger charge is -2.33. The third-order valence-corrected chi connectivity index (χ3v) is 5.28. The summed E-state index contributed by atoms with van der Waals surface area (Å²) >= 11 is 5.41. The van der Waals surface area contributed by atoms with Gasteiger partial charge in [-0.3, -0.25) is 24.1 Å². The van der Waals surface area contributed by atoms with Gasteiger partial charge < -0.3 is 10.1 Å². The Hall–Kier alpha value is -2.07. The number of fused-ring (bicyclic) bond motifs is 1. The largest absolute Gasteiger partial charge is 0.379 e. The number of aryl methyl sites for hydroxylation is 1. The molecule has 0 saturated carbocycles. The molecule has 2 aliphatic heterocycles. The van der Waals surface area contributed by atoms with Crippen LogP contribution in [0.25, 0.3) is 5.82 Å². The average molecular weight is 388 g/mol. The molecule has 0 amide bonds. The third kappa shape index (κ3) is 3.96. The summed E-state index contributed by atoms with van der Waals surface area (Å²) < 4.78 is 7.57. The second-order valence-corrected chi connectivity index (χ2v) is 7.29. The molecule has 0 bridgehead atoms. The van der Waals surface area contributed by atoms with Gasteiger partial charge in [0.05, 0.1) is 25.4 Å². The lowest BCUT2D eigenvalue weighted by atomic mass is 10.2. The van der Waals surface area contributed by atoms with Gasteiger partial charge in [-0.05, 0) is 31.3 Å². The molecule has 4 heterocycles. The van der Waals surface area contributed by atoms with Crippen molar-refractivity contribution in [3.8, 4) is 5.82 Å². The number of morpholine rings is 1. The number of nitrogens with zero attached hydrogens (tertiary/aromatic N) is 4. The van der Waals surface area contributed by atoms with Gasteiger partial charge in [0.2, 0.25) is 0 Å². The first kappa shape index (κ1) is 18.3.